The molecule has 1 aromatic heterocycles. The second-order valence-corrected chi connectivity index (χ2v) is 9.41. The standard InChI is InChI=1S/C23H25F2N3O4S/c1-31-19-7-5-18(6-8-19)27-10-12-28(13-11-27)21(22-3-2-14-32-22)16-26-33(29,30)23-15-17(24)4-9-20(23)25/h2-9,14-15,21,26H,10-13,16H2,1H3/t21-/m1/s1. The van der Waals surface area contributed by atoms with Crippen LogP contribution in [-0.2, 0) is 10.0 Å². The Bertz CT molecular complexity index is 1160. The molecular weight excluding hydrogens is 452 g/mol. The van der Waals surface area contributed by atoms with Gasteiger partial charge >= 0.3 is 0 Å². The van der Waals surface area contributed by atoms with E-state index in [9.17, 15) is 17.2 Å². The quantitative estimate of drug-likeness (QED) is 0.536. The van der Waals surface area contributed by atoms with Crippen LogP contribution in [0.4, 0.5) is 14.5 Å². The minimum Gasteiger partial charge on any atom is -0.497 e. The van der Waals surface area contributed by atoms with Gasteiger partial charge < -0.3 is 14.1 Å². The molecule has 33 heavy (non-hydrogen) atoms. The first kappa shape index (κ1) is 23.2. The molecule has 0 aliphatic carbocycles. The Morgan fingerprint density at radius 3 is 2.42 bits per heavy atom. The number of nitrogens with one attached hydrogen (secondary N) is 1. The second-order valence-electron chi connectivity index (χ2n) is 7.68. The van der Waals surface area contributed by atoms with Crippen molar-refractivity contribution in [2.24, 2.45) is 0 Å². The van der Waals surface area contributed by atoms with E-state index in [1.807, 2.05) is 24.3 Å². The molecule has 0 saturated carbocycles. The van der Waals surface area contributed by atoms with Gasteiger partial charge in [-0.1, -0.05) is 0 Å². The zero-order valence-electron chi connectivity index (χ0n) is 18.1. The predicted octanol–water partition coefficient (Wildman–Crippen LogP) is 3.41. The third kappa shape index (κ3) is 5.35. The van der Waals surface area contributed by atoms with Gasteiger partial charge in [-0.3, -0.25) is 4.90 Å². The van der Waals surface area contributed by atoms with Crippen molar-refractivity contribution in [3.05, 3.63) is 78.3 Å². The van der Waals surface area contributed by atoms with Crippen LogP contribution in [0.15, 0.2) is 70.2 Å². The van der Waals surface area contributed by atoms with Gasteiger partial charge in [-0.15, -0.1) is 0 Å². The van der Waals surface area contributed by atoms with Crippen LogP contribution in [0.3, 0.4) is 0 Å². The SMILES string of the molecule is COc1ccc(N2CCN([C@H](CNS(=O)(=O)c3cc(F)ccc3F)c3ccco3)CC2)cc1. The third-order valence-electron chi connectivity index (χ3n) is 5.71. The Morgan fingerprint density at radius 2 is 1.79 bits per heavy atom. The van der Waals surface area contributed by atoms with Crippen LogP contribution >= 0.6 is 0 Å². The molecule has 2 aromatic carbocycles. The molecule has 7 nitrogen and oxygen atoms in total. The van der Waals surface area contributed by atoms with Crippen LogP contribution < -0.4 is 14.4 Å². The van der Waals surface area contributed by atoms with Crippen LogP contribution in [0.2, 0.25) is 0 Å². The second kappa shape index (κ2) is 9.90. The molecule has 2 heterocycles. The highest BCUT2D eigenvalue weighted by atomic mass is 32.2. The molecule has 4 rings (SSSR count). The zero-order chi connectivity index (χ0) is 23.4. The molecule has 1 aliphatic rings. The molecule has 0 spiro atoms. The lowest BCUT2D eigenvalue weighted by Gasteiger charge is -2.39. The van der Waals surface area contributed by atoms with Crippen molar-refractivity contribution in [3.8, 4) is 5.75 Å². The van der Waals surface area contributed by atoms with Crippen molar-refractivity contribution in [2.45, 2.75) is 10.9 Å². The maximum atomic E-state index is 14.0. The number of rotatable bonds is 8. The van der Waals surface area contributed by atoms with Crippen molar-refractivity contribution < 1.29 is 26.4 Å². The molecule has 0 bridgehead atoms. The highest BCUT2D eigenvalue weighted by Crippen LogP contribution is 2.26. The average molecular weight is 478 g/mol. The number of sulfonamides is 1. The summed E-state index contributed by atoms with van der Waals surface area (Å²) < 4.78 is 66.1. The molecular formula is C23H25F2N3O4S. The van der Waals surface area contributed by atoms with Crippen molar-refractivity contribution in [2.75, 3.05) is 44.7 Å². The Balaban J connectivity index is 1.46. The first-order valence-corrected chi connectivity index (χ1v) is 12.0. The summed E-state index contributed by atoms with van der Waals surface area (Å²) in [6, 6.07) is 13.3. The molecule has 0 radical (unpaired) electrons. The predicted molar refractivity (Wildman–Crippen MR) is 120 cm³/mol. The molecule has 1 N–H and O–H groups in total. The first-order valence-electron chi connectivity index (χ1n) is 10.5. The number of anilines is 1. The maximum absolute atomic E-state index is 14.0. The largest absolute Gasteiger partial charge is 0.497 e. The number of piperazine rings is 1. The van der Waals surface area contributed by atoms with Gasteiger partial charge in [-0.2, -0.15) is 0 Å². The van der Waals surface area contributed by atoms with Crippen molar-refractivity contribution >= 4 is 15.7 Å². The number of hydrogen-bond acceptors (Lipinski definition) is 6. The van der Waals surface area contributed by atoms with E-state index in [1.165, 1.54) is 6.26 Å². The summed E-state index contributed by atoms with van der Waals surface area (Å²) in [7, 11) is -2.63. The van der Waals surface area contributed by atoms with Gasteiger partial charge in [-0.05, 0) is 54.6 Å². The minimum absolute atomic E-state index is 0.0473. The van der Waals surface area contributed by atoms with Gasteiger partial charge in [0, 0.05) is 38.4 Å². The number of ether oxygens (including phenoxy) is 1. The fourth-order valence-corrected chi connectivity index (χ4v) is 5.05. The number of benzene rings is 2. The van der Waals surface area contributed by atoms with Crippen LogP contribution in [0.5, 0.6) is 5.75 Å². The van der Waals surface area contributed by atoms with Crippen molar-refractivity contribution in [1.82, 2.24) is 9.62 Å². The first-order chi connectivity index (χ1) is 15.9. The number of nitrogens with zero attached hydrogens (tertiary/aromatic N) is 2. The van der Waals surface area contributed by atoms with Gasteiger partial charge in [0.1, 0.15) is 28.0 Å². The van der Waals surface area contributed by atoms with E-state index in [0.717, 1.165) is 36.7 Å². The molecule has 1 aliphatic heterocycles. The number of furan rings is 1. The Morgan fingerprint density at radius 1 is 1.06 bits per heavy atom. The summed E-state index contributed by atoms with van der Waals surface area (Å²) in [6.07, 6.45) is 1.52. The number of methoxy groups -OCH3 is 1. The molecule has 1 saturated heterocycles. The minimum atomic E-state index is -4.25. The summed E-state index contributed by atoms with van der Waals surface area (Å²) in [5.74, 6) is -0.451. The van der Waals surface area contributed by atoms with Gasteiger partial charge in [0.05, 0.1) is 19.4 Å². The zero-order valence-corrected chi connectivity index (χ0v) is 18.9. The lowest BCUT2D eigenvalue weighted by molar-refractivity contribution is 0.166. The maximum Gasteiger partial charge on any atom is 0.243 e. The molecule has 1 atom stereocenters. The van der Waals surface area contributed by atoms with E-state index in [2.05, 4.69) is 14.5 Å². The van der Waals surface area contributed by atoms with Crippen molar-refractivity contribution in [1.29, 1.82) is 0 Å². The van der Waals surface area contributed by atoms with Crippen LogP contribution in [-0.4, -0.2) is 53.2 Å². The smallest absolute Gasteiger partial charge is 0.243 e. The van der Waals surface area contributed by atoms with E-state index in [0.29, 0.717) is 24.9 Å². The average Bonchev–Trinajstić information content (AvgIpc) is 3.36. The normalized spacial score (nSPS) is 16.0. The van der Waals surface area contributed by atoms with Crippen molar-refractivity contribution in [3.63, 3.8) is 0 Å². The third-order valence-corrected chi connectivity index (χ3v) is 7.15. The van der Waals surface area contributed by atoms with E-state index in [1.54, 1.807) is 19.2 Å². The molecule has 10 heteroatoms. The molecule has 176 valence electrons. The monoisotopic (exact) mass is 477 g/mol. The summed E-state index contributed by atoms with van der Waals surface area (Å²) >= 11 is 0. The van der Waals surface area contributed by atoms with Gasteiger partial charge in [0.15, 0.2) is 0 Å². The summed E-state index contributed by atoms with van der Waals surface area (Å²) in [5, 5.41) is 0. The van der Waals surface area contributed by atoms with Crippen LogP contribution in [0.1, 0.15) is 11.8 Å². The van der Waals surface area contributed by atoms with Crippen LogP contribution in [0, 0.1) is 11.6 Å². The highest BCUT2D eigenvalue weighted by Gasteiger charge is 2.29. The Kier molecular flexibility index (Phi) is 6.96. The molecule has 1 fully saturated rings. The lowest BCUT2D eigenvalue weighted by Crippen LogP contribution is -2.49. The van der Waals surface area contributed by atoms with Gasteiger partial charge in [0.25, 0.3) is 0 Å². The highest BCUT2D eigenvalue weighted by molar-refractivity contribution is 7.89. The molecule has 0 unspecified atom stereocenters. The fraction of sp³-hybridized carbons (Fsp3) is 0.304. The van der Waals surface area contributed by atoms with E-state index in [4.69, 9.17) is 9.15 Å². The van der Waals surface area contributed by atoms with Gasteiger partial charge in [0.2, 0.25) is 10.0 Å². The molecule has 0 amide bonds. The van der Waals surface area contributed by atoms with E-state index < -0.39 is 32.6 Å². The fourth-order valence-electron chi connectivity index (χ4n) is 3.92. The van der Waals surface area contributed by atoms with Gasteiger partial charge in [-0.25, -0.2) is 21.9 Å². The number of halogens is 2. The summed E-state index contributed by atoms with van der Waals surface area (Å²) in [4.78, 5) is 3.63. The van der Waals surface area contributed by atoms with E-state index >= 15 is 0 Å². The summed E-state index contributed by atoms with van der Waals surface area (Å²) in [6.45, 7) is 2.73. The summed E-state index contributed by atoms with van der Waals surface area (Å²) in [5.41, 5.74) is 1.08. The molecule has 3 aromatic rings. The van der Waals surface area contributed by atoms with Crippen LogP contribution in [0.25, 0.3) is 0 Å². The van der Waals surface area contributed by atoms with E-state index in [-0.39, 0.29) is 6.54 Å². The lowest BCUT2D eigenvalue weighted by atomic mass is 10.1. The topological polar surface area (TPSA) is 75.0 Å². The Hall–Kier alpha value is -2.95. The Labute approximate surface area is 191 Å². The number of hydrogen-bond donors (Lipinski definition) is 1.